The minimum absolute atomic E-state index is 0.255. The predicted octanol–water partition coefficient (Wildman–Crippen LogP) is -0.193. The van der Waals surface area contributed by atoms with Crippen LogP contribution in [0, 0.1) is 5.41 Å². The zero-order valence-corrected chi connectivity index (χ0v) is 7.18. The molecule has 0 saturated heterocycles. The van der Waals surface area contributed by atoms with E-state index in [4.69, 9.17) is 5.41 Å². The summed E-state index contributed by atoms with van der Waals surface area (Å²) in [5, 5.41) is 12.4. The maximum atomic E-state index is 10.6. The molecule has 0 aromatic heterocycles. The van der Waals surface area contributed by atoms with Gasteiger partial charge in [-0.25, -0.2) is 4.79 Å². The topological polar surface area (TPSA) is 74.2 Å². The molecule has 0 aliphatic carbocycles. The van der Waals surface area contributed by atoms with E-state index in [1.807, 2.05) is 13.0 Å². The molecule has 0 heterocycles. The van der Waals surface area contributed by atoms with Crippen LogP contribution in [0.3, 0.4) is 0 Å². The second-order valence-corrected chi connectivity index (χ2v) is 1.92. The molecular formula is C7H13N3O2. The van der Waals surface area contributed by atoms with E-state index >= 15 is 0 Å². The Morgan fingerprint density at radius 3 is 2.83 bits per heavy atom. The normalized spacial score (nSPS) is 9.50. The lowest BCUT2D eigenvalue weighted by Crippen LogP contribution is -2.36. The lowest BCUT2D eigenvalue weighted by molar-refractivity contribution is -0.133. The lowest BCUT2D eigenvalue weighted by Gasteiger charge is -2.04. The van der Waals surface area contributed by atoms with E-state index < -0.39 is 5.97 Å². The number of amidine groups is 1. The summed E-state index contributed by atoms with van der Waals surface area (Å²) < 4.78 is 4.30. The van der Waals surface area contributed by atoms with E-state index in [9.17, 15) is 4.79 Å². The van der Waals surface area contributed by atoms with E-state index in [1.165, 1.54) is 7.11 Å². The lowest BCUT2D eigenvalue weighted by atomic mass is 10.6. The predicted molar refractivity (Wildman–Crippen MR) is 45.7 cm³/mol. The van der Waals surface area contributed by atoms with Crippen LogP contribution in [-0.4, -0.2) is 25.6 Å². The van der Waals surface area contributed by atoms with Crippen LogP contribution in [0.2, 0.25) is 0 Å². The molecule has 0 bridgehead atoms. The molecule has 0 unspecified atom stereocenters. The van der Waals surface area contributed by atoms with Gasteiger partial charge >= 0.3 is 5.97 Å². The van der Waals surface area contributed by atoms with Gasteiger partial charge in [-0.1, -0.05) is 6.08 Å². The van der Waals surface area contributed by atoms with Crippen molar-refractivity contribution in [3.8, 4) is 0 Å². The number of esters is 1. The number of hydrogen-bond donors (Lipinski definition) is 3. The summed E-state index contributed by atoms with van der Waals surface area (Å²) in [5.74, 6) is -0.924. The van der Waals surface area contributed by atoms with Crippen LogP contribution >= 0.6 is 0 Å². The van der Waals surface area contributed by atoms with Gasteiger partial charge in [-0.05, 0) is 13.1 Å². The van der Waals surface area contributed by atoms with Crippen molar-refractivity contribution < 1.29 is 9.53 Å². The Labute approximate surface area is 71.3 Å². The maximum Gasteiger partial charge on any atom is 0.373 e. The monoisotopic (exact) mass is 171 g/mol. The van der Waals surface area contributed by atoms with Gasteiger partial charge in [-0.15, -0.1) is 0 Å². The quantitative estimate of drug-likeness (QED) is 0.181. The standard InChI is InChI=1S/C7H13N3O2/c1-3-4-9-5-10-6(8)7(11)12-2/h3-4,9H,5H2,1-2H3,(H2,8,10)/b4-3-. The van der Waals surface area contributed by atoms with E-state index in [-0.39, 0.29) is 5.84 Å². The second-order valence-electron chi connectivity index (χ2n) is 1.92. The number of carbonyl (C=O) groups excluding carboxylic acids is 1. The average Bonchev–Trinajstić information content (AvgIpc) is 2.10. The van der Waals surface area contributed by atoms with Gasteiger partial charge < -0.3 is 15.4 Å². The molecule has 12 heavy (non-hydrogen) atoms. The summed E-state index contributed by atoms with van der Waals surface area (Å²) in [7, 11) is 1.23. The van der Waals surface area contributed by atoms with Gasteiger partial charge in [-0.3, -0.25) is 5.41 Å². The van der Waals surface area contributed by atoms with Gasteiger partial charge in [0.1, 0.15) is 0 Å². The molecule has 68 valence electrons. The second kappa shape index (κ2) is 6.21. The van der Waals surface area contributed by atoms with Gasteiger partial charge in [0.25, 0.3) is 0 Å². The molecule has 0 aliphatic heterocycles. The Morgan fingerprint density at radius 2 is 2.33 bits per heavy atom. The number of nitrogens with one attached hydrogen (secondary N) is 3. The first kappa shape index (κ1) is 10.5. The van der Waals surface area contributed by atoms with Crippen molar-refractivity contribution in [3.05, 3.63) is 12.3 Å². The molecule has 0 spiro atoms. The molecule has 0 amide bonds. The van der Waals surface area contributed by atoms with E-state index in [1.54, 1.807) is 6.20 Å². The summed E-state index contributed by atoms with van der Waals surface area (Å²) in [4.78, 5) is 10.6. The largest absolute Gasteiger partial charge is 0.463 e. The van der Waals surface area contributed by atoms with Crippen molar-refractivity contribution in [2.24, 2.45) is 0 Å². The molecule has 0 fully saturated rings. The molecule has 0 saturated carbocycles. The summed E-state index contributed by atoms with van der Waals surface area (Å²) in [6.07, 6.45) is 3.51. The Balaban J connectivity index is 3.51. The minimum Gasteiger partial charge on any atom is -0.463 e. The first-order chi connectivity index (χ1) is 5.72. The summed E-state index contributed by atoms with van der Waals surface area (Å²) in [5.41, 5.74) is 0. The van der Waals surface area contributed by atoms with Crippen LogP contribution in [0.4, 0.5) is 0 Å². The minimum atomic E-state index is -0.669. The molecule has 0 radical (unpaired) electrons. The van der Waals surface area contributed by atoms with Crippen molar-refractivity contribution in [3.63, 3.8) is 0 Å². The van der Waals surface area contributed by atoms with Crippen LogP contribution in [-0.2, 0) is 9.53 Å². The van der Waals surface area contributed by atoms with Crippen LogP contribution in [0.15, 0.2) is 12.3 Å². The molecule has 5 nitrogen and oxygen atoms in total. The number of rotatable bonds is 3. The van der Waals surface area contributed by atoms with Crippen LogP contribution in [0.1, 0.15) is 6.92 Å². The average molecular weight is 171 g/mol. The smallest absolute Gasteiger partial charge is 0.373 e. The van der Waals surface area contributed by atoms with Gasteiger partial charge in [-0.2, -0.15) is 0 Å². The van der Waals surface area contributed by atoms with Crippen molar-refractivity contribution in [1.29, 1.82) is 5.41 Å². The third-order valence-corrected chi connectivity index (χ3v) is 1.04. The number of methoxy groups -OCH3 is 1. The molecule has 0 atom stereocenters. The molecule has 3 N–H and O–H groups in total. The third kappa shape index (κ3) is 4.32. The van der Waals surface area contributed by atoms with Crippen LogP contribution < -0.4 is 10.6 Å². The Kier molecular flexibility index (Phi) is 5.42. The fourth-order valence-corrected chi connectivity index (χ4v) is 0.490. The summed E-state index contributed by atoms with van der Waals surface area (Å²) in [6, 6.07) is 0. The maximum absolute atomic E-state index is 10.6. The van der Waals surface area contributed by atoms with Crippen LogP contribution in [0.25, 0.3) is 0 Å². The van der Waals surface area contributed by atoms with Crippen molar-refractivity contribution in [1.82, 2.24) is 10.6 Å². The zero-order chi connectivity index (χ0) is 9.40. The van der Waals surface area contributed by atoms with E-state index in [2.05, 4.69) is 15.4 Å². The Morgan fingerprint density at radius 1 is 1.67 bits per heavy atom. The number of carbonyl (C=O) groups is 1. The first-order valence-corrected chi connectivity index (χ1v) is 3.47. The van der Waals surface area contributed by atoms with Gasteiger partial charge in [0, 0.05) is 0 Å². The fraction of sp³-hybridized carbons (Fsp3) is 0.429. The highest BCUT2D eigenvalue weighted by atomic mass is 16.5. The van der Waals surface area contributed by atoms with Gasteiger partial charge in [0.05, 0.1) is 13.8 Å². The molecule has 0 aromatic carbocycles. The number of ether oxygens (including phenoxy) is 1. The summed E-state index contributed by atoms with van der Waals surface area (Å²) in [6.45, 7) is 2.19. The third-order valence-electron chi connectivity index (χ3n) is 1.04. The number of allylic oxidation sites excluding steroid dienone is 1. The molecule has 5 heteroatoms. The SMILES string of the molecule is C/C=C\NCNC(=N)C(=O)OC. The highest BCUT2D eigenvalue weighted by Gasteiger charge is 2.06. The van der Waals surface area contributed by atoms with Gasteiger partial charge in [0.2, 0.25) is 5.84 Å². The molecule has 0 aliphatic rings. The Hall–Kier alpha value is -1.52. The van der Waals surface area contributed by atoms with Gasteiger partial charge in [0.15, 0.2) is 0 Å². The van der Waals surface area contributed by atoms with E-state index in [0.29, 0.717) is 6.67 Å². The molecular weight excluding hydrogens is 158 g/mol. The van der Waals surface area contributed by atoms with Crippen molar-refractivity contribution in [2.45, 2.75) is 6.92 Å². The molecule has 0 aromatic rings. The Bertz CT molecular complexity index is 189. The number of hydrogen-bond acceptors (Lipinski definition) is 4. The molecule has 0 rings (SSSR count). The highest BCUT2D eigenvalue weighted by molar-refractivity contribution is 6.33. The zero-order valence-electron chi connectivity index (χ0n) is 7.18. The van der Waals surface area contributed by atoms with E-state index in [0.717, 1.165) is 0 Å². The fourth-order valence-electron chi connectivity index (χ4n) is 0.490. The first-order valence-electron chi connectivity index (χ1n) is 3.47. The van der Waals surface area contributed by atoms with Crippen LogP contribution in [0.5, 0.6) is 0 Å². The van der Waals surface area contributed by atoms with Crippen molar-refractivity contribution >= 4 is 11.8 Å². The summed E-state index contributed by atoms with van der Waals surface area (Å²) >= 11 is 0. The van der Waals surface area contributed by atoms with Crippen molar-refractivity contribution in [2.75, 3.05) is 13.8 Å². The highest BCUT2D eigenvalue weighted by Crippen LogP contribution is 1.72.